The molecule has 1 aromatic heterocycles. The number of benzene rings is 1. The van der Waals surface area contributed by atoms with Crippen LogP contribution in [-0.2, 0) is 27.0 Å². The summed E-state index contributed by atoms with van der Waals surface area (Å²) in [4.78, 5) is 24.9. The standard InChI is InChI=1S/C21H24F3N3O6/c1-31-16-4-2-14(3-5-16)11-27-20(30)19(21(22,23)24)17(10-25-27)26-7-9-33-13-15(26)12-32-8-6-18(28)29/h2-5,10,15H,6-9,11-13H2,1H3,(H,28,29). The Bertz CT molecular complexity index is 1010. The van der Waals surface area contributed by atoms with Gasteiger partial charge in [0.05, 0.1) is 64.4 Å². The molecule has 1 fully saturated rings. The van der Waals surface area contributed by atoms with Crippen LogP contribution in [0.3, 0.4) is 0 Å². The van der Waals surface area contributed by atoms with Crippen LogP contribution in [0.25, 0.3) is 0 Å². The average molecular weight is 471 g/mol. The second kappa shape index (κ2) is 10.7. The van der Waals surface area contributed by atoms with E-state index in [9.17, 15) is 22.8 Å². The smallest absolute Gasteiger partial charge is 0.423 e. The van der Waals surface area contributed by atoms with Crippen molar-refractivity contribution in [2.45, 2.75) is 25.2 Å². The van der Waals surface area contributed by atoms with Gasteiger partial charge in [-0.15, -0.1) is 0 Å². The van der Waals surface area contributed by atoms with Crippen molar-refractivity contribution in [1.29, 1.82) is 0 Å². The van der Waals surface area contributed by atoms with E-state index >= 15 is 0 Å². The Kier molecular flexibility index (Phi) is 7.92. The number of hydrogen-bond donors (Lipinski definition) is 1. The molecule has 1 N–H and O–H groups in total. The summed E-state index contributed by atoms with van der Waals surface area (Å²) in [5.74, 6) is -0.468. The van der Waals surface area contributed by atoms with Gasteiger partial charge in [-0.25, -0.2) is 4.68 Å². The molecule has 2 heterocycles. The van der Waals surface area contributed by atoms with E-state index in [0.717, 1.165) is 10.9 Å². The van der Waals surface area contributed by atoms with Crippen molar-refractivity contribution in [3.05, 3.63) is 51.9 Å². The van der Waals surface area contributed by atoms with Crippen LogP contribution in [0.1, 0.15) is 17.5 Å². The van der Waals surface area contributed by atoms with E-state index in [2.05, 4.69) is 5.10 Å². The summed E-state index contributed by atoms with van der Waals surface area (Å²) in [6, 6.07) is 5.93. The van der Waals surface area contributed by atoms with Crippen LogP contribution in [-0.4, -0.2) is 67.0 Å². The van der Waals surface area contributed by atoms with Gasteiger partial charge in [-0.1, -0.05) is 12.1 Å². The predicted octanol–water partition coefficient (Wildman–Crippen LogP) is 2.02. The molecule has 0 bridgehead atoms. The van der Waals surface area contributed by atoms with Crippen LogP contribution in [0.2, 0.25) is 0 Å². The number of aromatic nitrogens is 2. The summed E-state index contributed by atoms with van der Waals surface area (Å²) in [5, 5.41) is 12.7. The van der Waals surface area contributed by atoms with Crippen LogP contribution < -0.4 is 15.2 Å². The fourth-order valence-corrected chi connectivity index (χ4v) is 3.47. The summed E-state index contributed by atoms with van der Waals surface area (Å²) in [7, 11) is 1.49. The number of carboxylic acids is 1. The first-order valence-corrected chi connectivity index (χ1v) is 10.1. The highest BCUT2D eigenvalue weighted by molar-refractivity contribution is 5.66. The van der Waals surface area contributed by atoms with E-state index in [4.69, 9.17) is 19.3 Å². The maximum atomic E-state index is 14.0. The van der Waals surface area contributed by atoms with Crippen molar-refractivity contribution >= 4 is 11.7 Å². The van der Waals surface area contributed by atoms with Crippen LogP contribution in [0.4, 0.5) is 18.9 Å². The van der Waals surface area contributed by atoms with Gasteiger partial charge in [0.2, 0.25) is 0 Å². The number of nitrogens with zero attached hydrogens (tertiary/aromatic N) is 3. The summed E-state index contributed by atoms with van der Waals surface area (Å²) >= 11 is 0. The molecule has 0 aliphatic carbocycles. The van der Waals surface area contributed by atoms with Gasteiger partial charge in [-0.2, -0.15) is 18.3 Å². The van der Waals surface area contributed by atoms with Crippen molar-refractivity contribution in [3.63, 3.8) is 0 Å². The van der Waals surface area contributed by atoms with Crippen LogP contribution >= 0.6 is 0 Å². The first kappa shape index (κ1) is 24.5. The molecule has 180 valence electrons. The lowest BCUT2D eigenvalue weighted by Gasteiger charge is -2.38. The predicted molar refractivity (Wildman–Crippen MR) is 111 cm³/mol. The number of halogens is 3. The molecule has 1 unspecified atom stereocenters. The fraction of sp³-hybridized carbons (Fsp3) is 0.476. The molecule has 3 rings (SSSR count). The number of carbonyl (C=O) groups is 1. The molecule has 12 heteroatoms. The number of ether oxygens (including phenoxy) is 3. The molecule has 9 nitrogen and oxygen atoms in total. The van der Waals surface area contributed by atoms with Crippen LogP contribution in [0, 0.1) is 0 Å². The summed E-state index contributed by atoms with van der Waals surface area (Å²) < 4.78 is 58.5. The van der Waals surface area contributed by atoms with Gasteiger partial charge in [0.25, 0.3) is 5.56 Å². The van der Waals surface area contributed by atoms with E-state index in [0.29, 0.717) is 11.3 Å². The minimum Gasteiger partial charge on any atom is -0.497 e. The third-order valence-electron chi connectivity index (χ3n) is 5.11. The molecule has 0 saturated carbocycles. The summed E-state index contributed by atoms with van der Waals surface area (Å²) in [6.07, 6.45) is -4.11. The second-order valence-corrected chi connectivity index (χ2v) is 7.35. The molecule has 1 saturated heterocycles. The SMILES string of the molecule is COc1ccc(Cn2ncc(N3CCOCC3COCCC(=O)O)c(C(F)(F)F)c2=O)cc1. The molecule has 1 aliphatic heterocycles. The van der Waals surface area contributed by atoms with E-state index < -0.39 is 29.3 Å². The van der Waals surface area contributed by atoms with Gasteiger partial charge in [0.15, 0.2) is 0 Å². The van der Waals surface area contributed by atoms with Crippen molar-refractivity contribution < 1.29 is 37.3 Å². The van der Waals surface area contributed by atoms with Crippen molar-refractivity contribution in [3.8, 4) is 5.75 Å². The number of carboxylic acid groups (broad SMARTS) is 1. The van der Waals surface area contributed by atoms with Crippen LogP contribution in [0.15, 0.2) is 35.3 Å². The first-order chi connectivity index (χ1) is 15.7. The van der Waals surface area contributed by atoms with Gasteiger partial charge in [-0.3, -0.25) is 9.59 Å². The number of alkyl halides is 3. The van der Waals surface area contributed by atoms with Crippen molar-refractivity contribution in [1.82, 2.24) is 9.78 Å². The molecule has 33 heavy (non-hydrogen) atoms. The Morgan fingerprint density at radius 3 is 2.67 bits per heavy atom. The average Bonchev–Trinajstić information content (AvgIpc) is 2.78. The van der Waals surface area contributed by atoms with E-state index in [1.165, 1.54) is 12.0 Å². The largest absolute Gasteiger partial charge is 0.497 e. The highest BCUT2D eigenvalue weighted by atomic mass is 19.4. The maximum Gasteiger partial charge on any atom is 0.423 e. The lowest BCUT2D eigenvalue weighted by molar-refractivity contribution is -0.139. The zero-order chi connectivity index (χ0) is 24.0. The Balaban J connectivity index is 1.89. The lowest BCUT2D eigenvalue weighted by atomic mass is 10.1. The second-order valence-electron chi connectivity index (χ2n) is 7.35. The quantitative estimate of drug-likeness (QED) is 0.554. The van der Waals surface area contributed by atoms with E-state index in [1.54, 1.807) is 24.3 Å². The molecule has 1 atom stereocenters. The Labute approximate surface area is 187 Å². The molecule has 0 spiro atoms. The fourth-order valence-electron chi connectivity index (χ4n) is 3.47. The number of rotatable bonds is 9. The van der Waals surface area contributed by atoms with Gasteiger partial charge < -0.3 is 24.2 Å². The molecular formula is C21H24F3N3O6. The third-order valence-corrected chi connectivity index (χ3v) is 5.11. The lowest BCUT2D eigenvalue weighted by Crippen LogP contribution is -2.50. The van der Waals surface area contributed by atoms with Crippen molar-refractivity contribution in [2.24, 2.45) is 0 Å². The molecule has 0 radical (unpaired) electrons. The highest BCUT2D eigenvalue weighted by Crippen LogP contribution is 2.35. The van der Waals surface area contributed by atoms with E-state index in [1.807, 2.05) is 0 Å². The summed E-state index contributed by atoms with van der Waals surface area (Å²) in [6.45, 7) is 0.0425. The van der Waals surface area contributed by atoms with Gasteiger partial charge in [-0.05, 0) is 17.7 Å². The third kappa shape index (κ3) is 6.23. The Morgan fingerprint density at radius 2 is 2.03 bits per heavy atom. The van der Waals surface area contributed by atoms with E-state index in [-0.39, 0.29) is 51.6 Å². The highest BCUT2D eigenvalue weighted by Gasteiger charge is 2.41. The number of aliphatic carboxylic acids is 1. The molecule has 0 amide bonds. The Morgan fingerprint density at radius 1 is 1.30 bits per heavy atom. The Hall–Kier alpha value is -3.12. The zero-order valence-corrected chi connectivity index (χ0v) is 17.9. The van der Waals surface area contributed by atoms with Gasteiger partial charge >= 0.3 is 12.1 Å². The number of methoxy groups -OCH3 is 1. The zero-order valence-electron chi connectivity index (χ0n) is 17.9. The van der Waals surface area contributed by atoms with Crippen molar-refractivity contribution in [2.75, 3.05) is 45.0 Å². The number of morpholine rings is 1. The molecular weight excluding hydrogens is 447 g/mol. The monoisotopic (exact) mass is 471 g/mol. The molecule has 1 aromatic carbocycles. The topological polar surface area (TPSA) is 103 Å². The normalized spacial score (nSPS) is 16.6. The first-order valence-electron chi connectivity index (χ1n) is 10.1. The van der Waals surface area contributed by atoms with Gasteiger partial charge in [0.1, 0.15) is 11.3 Å². The summed E-state index contributed by atoms with van der Waals surface area (Å²) in [5.41, 5.74) is -2.34. The number of hydrogen-bond acceptors (Lipinski definition) is 7. The maximum absolute atomic E-state index is 14.0. The van der Waals surface area contributed by atoms with Crippen LogP contribution in [0.5, 0.6) is 5.75 Å². The van der Waals surface area contributed by atoms with Gasteiger partial charge in [0, 0.05) is 6.54 Å². The minimum absolute atomic E-state index is 0.0560. The minimum atomic E-state index is -4.91. The number of anilines is 1. The molecule has 2 aromatic rings. The molecule has 1 aliphatic rings.